The molecule has 0 bridgehead atoms. The van der Waals surface area contributed by atoms with Gasteiger partial charge in [-0.2, -0.15) is 0 Å². The Bertz CT molecular complexity index is 1070. The van der Waals surface area contributed by atoms with E-state index < -0.39 is 14.9 Å². The zero-order valence-electron chi connectivity index (χ0n) is 16.6. The summed E-state index contributed by atoms with van der Waals surface area (Å²) in [5, 5.41) is 12.0. The first-order chi connectivity index (χ1) is 14.8. The van der Waals surface area contributed by atoms with Crippen molar-refractivity contribution in [2.75, 3.05) is 35.9 Å². The maximum Gasteiger partial charge on any atom is 0.293 e. The van der Waals surface area contributed by atoms with Crippen molar-refractivity contribution in [2.45, 2.75) is 24.0 Å². The van der Waals surface area contributed by atoms with Crippen molar-refractivity contribution in [1.29, 1.82) is 0 Å². The van der Waals surface area contributed by atoms with Gasteiger partial charge in [-0.15, -0.1) is 0 Å². The summed E-state index contributed by atoms with van der Waals surface area (Å²) < 4.78 is 39.2. The van der Waals surface area contributed by atoms with Gasteiger partial charge in [-0.3, -0.25) is 14.8 Å². The van der Waals surface area contributed by atoms with Crippen LogP contribution in [0.4, 0.5) is 17.1 Å². The number of piperidine rings is 1. The summed E-state index contributed by atoms with van der Waals surface area (Å²) in [4.78, 5) is 12.9. The van der Waals surface area contributed by atoms with Crippen molar-refractivity contribution < 1.29 is 22.8 Å². The largest absolute Gasteiger partial charge is 0.366 e. The van der Waals surface area contributed by atoms with E-state index in [9.17, 15) is 18.5 Å². The Morgan fingerprint density at radius 1 is 1.16 bits per heavy atom. The van der Waals surface area contributed by atoms with Crippen molar-refractivity contribution >= 4 is 38.7 Å². The summed E-state index contributed by atoms with van der Waals surface area (Å²) in [6.07, 6.45) is 1.43. The van der Waals surface area contributed by atoms with Gasteiger partial charge >= 0.3 is 0 Å². The van der Waals surface area contributed by atoms with Crippen LogP contribution in [0, 0.1) is 16.0 Å². The standard InChI is InChI=1S/C20H22ClN3O6S/c21-16-5-1-2-6-17(16)22-31(27,28)15-7-8-18(19(12-15)24(25)26)23-9-3-4-14(13-23)20-29-10-11-30-20/h1-2,5-8,12,14,20,22H,3-4,9-11,13H2. The Labute approximate surface area is 185 Å². The normalized spacial score (nSPS) is 20.0. The van der Waals surface area contributed by atoms with Crippen LogP contribution in [0.2, 0.25) is 5.02 Å². The molecular formula is C20H22ClN3O6S. The van der Waals surface area contributed by atoms with Crippen molar-refractivity contribution in [1.82, 2.24) is 0 Å². The lowest BCUT2D eigenvalue weighted by Crippen LogP contribution is -2.41. The molecule has 1 unspecified atom stereocenters. The predicted octanol–water partition coefficient (Wildman–Crippen LogP) is 3.64. The molecule has 2 aromatic carbocycles. The second-order valence-corrected chi connectivity index (χ2v) is 9.54. The van der Waals surface area contributed by atoms with Crippen LogP contribution >= 0.6 is 11.6 Å². The summed E-state index contributed by atoms with van der Waals surface area (Å²) in [5.41, 5.74) is 0.312. The molecule has 9 nitrogen and oxygen atoms in total. The number of rotatable bonds is 6. The van der Waals surface area contributed by atoms with E-state index in [1.54, 1.807) is 18.2 Å². The molecule has 1 N–H and O–H groups in total. The highest BCUT2D eigenvalue weighted by Crippen LogP contribution is 2.36. The molecule has 11 heteroatoms. The molecule has 0 aliphatic carbocycles. The fourth-order valence-corrected chi connectivity index (χ4v) is 5.27. The Morgan fingerprint density at radius 3 is 2.61 bits per heavy atom. The molecule has 31 heavy (non-hydrogen) atoms. The number of sulfonamides is 1. The number of benzene rings is 2. The highest BCUT2D eigenvalue weighted by Gasteiger charge is 2.33. The minimum atomic E-state index is -4.06. The van der Waals surface area contributed by atoms with E-state index >= 15 is 0 Å². The van der Waals surface area contributed by atoms with E-state index in [2.05, 4.69) is 4.72 Å². The number of halogens is 1. The van der Waals surface area contributed by atoms with Crippen LogP contribution in [-0.4, -0.2) is 45.9 Å². The number of hydrogen-bond acceptors (Lipinski definition) is 7. The summed E-state index contributed by atoms with van der Waals surface area (Å²) >= 11 is 6.03. The molecule has 2 aromatic rings. The monoisotopic (exact) mass is 467 g/mol. The lowest BCUT2D eigenvalue weighted by molar-refractivity contribution is -0.384. The van der Waals surface area contributed by atoms with Gasteiger partial charge in [-0.1, -0.05) is 23.7 Å². The zero-order chi connectivity index (χ0) is 22.0. The first-order valence-corrected chi connectivity index (χ1v) is 11.8. The Hall–Kier alpha value is -2.40. The van der Waals surface area contributed by atoms with E-state index in [-0.39, 0.29) is 33.5 Å². The topological polar surface area (TPSA) is 111 Å². The number of anilines is 2. The van der Waals surface area contributed by atoms with Crippen LogP contribution in [-0.2, 0) is 19.5 Å². The van der Waals surface area contributed by atoms with Crippen molar-refractivity contribution in [3.05, 3.63) is 57.6 Å². The molecule has 1 atom stereocenters. The van der Waals surface area contributed by atoms with E-state index in [1.165, 1.54) is 18.2 Å². The highest BCUT2D eigenvalue weighted by molar-refractivity contribution is 7.92. The van der Waals surface area contributed by atoms with Gasteiger partial charge in [-0.05, 0) is 37.1 Å². The number of ether oxygens (including phenoxy) is 2. The highest BCUT2D eigenvalue weighted by atomic mass is 35.5. The Morgan fingerprint density at radius 2 is 1.90 bits per heavy atom. The molecule has 0 saturated carbocycles. The van der Waals surface area contributed by atoms with Gasteiger partial charge in [0.05, 0.1) is 33.7 Å². The lowest BCUT2D eigenvalue weighted by Gasteiger charge is -2.35. The van der Waals surface area contributed by atoms with Gasteiger partial charge in [0.15, 0.2) is 6.29 Å². The third-order valence-electron chi connectivity index (χ3n) is 5.40. The van der Waals surface area contributed by atoms with Gasteiger partial charge in [0.25, 0.3) is 15.7 Å². The molecule has 2 heterocycles. The Kier molecular flexibility index (Phi) is 6.33. The third kappa shape index (κ3) is 4.77. The molecule has 2 fully saturated rings. The van der Waals surface area contributed by atoms with Gasteiger partial charge in [0, 0.05) is 25.1 Å². The molecule has 4 rings (SSSR count). The minimum Gasteiger partial charge on any atom is -0.366 e. The molecule has 0 amide bonds. The number of nitro groups is 1. The SMILES string of the molecule is O=[N+]([O-])c1cc(S(=O)(=O)Nc2ccccc2Cl)ccc1N1CCCC(C2OCCO2)C1. The molecule has 2 aliphatic heterocycles. The van der Waals surface area contributed by atoms with Crippen LogP contribution in [0.15, 0.2) is 47.4 Å². The summed E-state index contributed by atoms with van der Waals surface area (Å²) in [7, 11) is -4.06. The van der Waals surface area contributed by atoms with E-state index in [1.807, 2.05) is 4.90 Å². The summed E-state index contributed by atoms with van der Waals surface area (Å²) in [6, 6.07) is 10.3. The summed E-state index contributed by atoms with van der Waals surface area (Å²) in [6.45, 7) is 2.27. The summed E-state index contributed by atoms with van der Waals surface area (Å²) in [5.74, 6) is 0.0983. The van der Waals surface area contributed by atoms with Crippen LogP contribution in [0.1, 0.15) is 12.8 Å². The van der Waals surface area contributed by atoms with Gasteiger partial charge in [-0.25, -0.2) is 8.42 Å². The second kappa shape index (κ2) is 8.99. The fourth-order valence-electron chi connectivity index (χ4n) is 3.93. The molecule has 0 aromatic heterocycles. The molecular weight excluding hydrogens is 446 g/mol. The van der Waals surface area contributed by atoms with Crippen molar-refractivity contribution in [3.8, 4) is 0 Å². The van der Waals surface area contributed by atoms with Crippen LogP contribution in [0.25, 0.3) is 0 Å². The quantitative estimate of drug-likeness (QED) is 0.510. The van der Waals surface area contributed by atoms with Crippen LogP contribution < -0.4 is 9.62 Å². The number of nitrogens with zero attached hydrogens (tertiary/aromatic N) is 2. The molecule has 0 spiro atoms. The molecule has 2 aliphatic rings. The van der Waals surface area contributed by atoms with Crippen LogP contribution in [0.3, 0.4) is 0 Å². The van der Waals surface area contributed by atoms with Crippen molar-refractivity contribution in [3.63, 3.8) is 0 Å². The first-order valence-electron chi connectivity index (χ1n) is 9.89. The lowest BCUT2D eigenvalue weighted by atomic mass is 9.96. The zero-order valence-corrected chi connectivity index (χ0v) is 18.1. The number of para-hydroxylation sites is 1. The van der Waals surface area contributed by atoms with Crippen molar-refractivity contribution in [2.24, 2.45) is 5.92 Å². The second-order valence-electron chi connectivity index (χ2n) is 7.45. The molecule has 166 valence electrons. The first kappa shape index (κ1) is 21.8. The predicted molar refractivity (Wildman–Crippen MR) is 116 cm³/mol. The number of nitro benzene ring substituents is 1. The van der Waals surface area contributed by atoms with E-state index in [0.717, 1.165) is 18.9 Å². The van der Waals surface area contributed by atoms with Gasteiger partial charge in [0.2, 0.25) is 0 Å². The smallest absolute Gasteiger partial charge is 0.293 e. The maximum absolute atomic E-state index is 12.8. The van der Waals surface area contributed by atoms with Crippen LogP contribution in [0.5, 0.6) is 0 Å². The number of hydrogen-bond donors (Lipinski definition) is 1. The maximum atomic E-state index is 12.8. The third-order valence-corrected chi connectivity index (χ3v) is 7.10. The molecule has 2 saturated heterocycles. The van der Waals surface area contributed by atoms with Gasteiger partial charge < -0.3 is 14.4 Å². The average molecular weight is 468 g/mol. The van der Waals surface area contributed by atoms with Gasteiger partial charge in [0.1, 0.15) is 5.69 Å². The Balaban J connectivity index is 1.61. The fraction of sp³-hybridized carbons (Fsp3) is 0.400. The van der Waals surface area contributed by atoms with E-state index in [4.69, 9.17) is 21.1 Å². The average Bonchev–Trinajstić information content (AvgIpc) is 3.30. The minimum absolute atomic E-state index is 0.0983. The van der Waals surface area contributed by atoms with E-state index in [0.29, 0.717) is 32.0 Å². The number of nitrogens with one attached hydrogen (secondary N) is 1. The molecule has 0 radical (unpaired) electrons.